The minimum atomic E-state index is -3.90. The maximum atomic E-state index is 13.3. The quantitative estimate of drug-likeness (QED) is 0.733. The summed E-state index contributed by atoms with van der Waals surface area (Å²) in [6, 6.07) is 14.5. The fourth-order valence-corrected chi connectivity index (χ4v) is 3.67. The van der Waals surface area contributed by atoms with Crippen molar-refractivity contribution in [3.05, 3.63) is 72.2 Å². The number of benzene rings is 2. The van der Waals surface area contributed by atoms with Crippen molar-refractivity contribution in [3.63, 3.8) is 0 Å². The van der Waals surface area contributed by atoms with Gasteiger partial charge in [-0.3, -0.25) is 4.98 Å². The Morgan fingerprint density at radius 3 is 2.38 bits per heavy atom. The highest BCUT2D eigenvalue weighted by atomic mass is 32.2. The molecule has 0 unspecified atom stereocenters. The van der Waals surface area contributed by atoms with Gasteiger partial charge in [0.05, 0.1) is 10.6 Å². The van der Waals surface area contributed by atoms with Gasteiger partial charge in [0.1, 0.15) is 5.82 Å². The van der Waals surface area contributed by atoms with Gasteiger partial charge in [-0.1, -0.05) is 31.5 Å². The van der Waals surface area contributed by atoms with Crippen LogP contribution in [-0.2, 0) is 16.4 Å². The molecule has 0 aliphatic heterocycles. The maximum Gasteiger partial charge on any atom is 0.238 e. The third-order valence-corrected chi connectivity index (χ3v) is 5.05. The summed E-state index contributed by atoms with van der Waals surface area (Å²) in [5.74, 6) is -0.345. The number of hydrogen-bond acceptors (Lipinski definition) is 3. The van der Waals surface area contributed by atoms with E-state index in [4.69, 9.17) is 5.14 Å². The molecule has 0 amide bonds. The number of aromatic nitrogens is 1. The number of sulfonamides is 1. The van der Waals surface area contributed by atoms with Gasteiger partial charge >= 0.3 is 0 Å². The fraction of sp³-hybridized carbons (Fsp3) is 0.150. The molecule has 2 N–H and O–H groups in total. The first kappa shape index (κ1) is 18.2. The molecule has 0 saturated carbocycles. The SMILES string of the molecule is CCCc1cnc(-c2ccc(F)cc2)c(-c2ccccc2S(N)(=O)=O)c1. The summed E-state index contributed by atoms with van der Waals surface area (Å²) in [5, 5.41) is 5.40. The summed E-state index contributed by atoms with van der Waals surface area (Å²) in [6.45, 7) is 2.06. The van der Waals surface area contributed by atoms with Crippen LogP contribution in [0.4, 0.5) is 4.39 Å². The molecule has 3 aromatic rings. The molecule has 0 saturated heterocycles. The highest BCUT2D eigenvalue weighted by Gasteiger charge is 2.19. The summed E-state index contributed by atoms with van der Waals surface area (Å²) in [6.07, 6.45) is 3.53. The second kappa shape index (κ2) is 7.35. The van der Waals surface area contributed by atoms with Gasteiger partial charge in [0.15, 0.2) is 0 Å². The average Bonchev–Trinajstić information content (AvgIpc) is 2.62. The minimum absolute atomic E-state index is 0.0406. The van der Waals surface area contributed by atoms with Crippen LogP contribution < -0.4 is 5.14 Å². The highest BCUT2D eigenvalue weighted by Crippen LogP contribution is 2.35. The van der Waals surface area contributed by atoms with Crippen LogP contribution in [0, 0.1) is 5.82 Å². The maximum absolute atomic E-state index is 13.3. The molecule has 1 aromatic heterocycles. The van der Waals surface area contributed by atoms with E-state index in [2.05, 4.69) is 11.9 Å². The topological polar surface area (TPSA) is 73.0 Å². The second-order valence-electron chi connectivity index (χ2n) is 6.04. The van der Waals surface area contributed by atoms with E-state index in [0.29, 0.717) is 22.4 Å². The molecular weight excluding hydrogens is 351 g/mol. The van der Waals surface area contributed by atoms with E-state index in [1.807, 2.05) is 6.07 Å². The molecule has 1 heterocycles. The van der Waals surface area contributed by atoms with Gasteiger partial charge in [-0.25, -0.2) is 17.9 Å². The van der Waals surface area contributed by atoms with E-state index in [-0.39, 0.29) is 10.7 Å². The molecular formula is C20H19FN2O2S. The Morgan fingerprint density at radius 1 is 1.04 bits per heavy atom. The van der Waals surface area contributed by atoms with Gasteiger partial charge in [0.25, 0.3) is 0 Å². The standard InChI is InChI=1S/C20H19FN2O2S/c1-2-5-14-12-18(17-6-3-4-7-19(17)26(22,24)25)20(23-13-14)15-8-10-16(21)11-9-15/h3-4,6-13H,2,5H2,1H3,(H2,22,24,25). The van der Waals surface area contributed by atoms with Crippen LogP contribution in [-0.4, -0.2) is 13.4 Å². The molecule has 0 atom stereocenters. The van der Waals surface area contributed by atoms with Gasteiger partial charge in [-0.2, -0.15) is 0 Å². The second-order valence-corrected chi connectivity index (χ2v) is 7.57. The third kappa shape index (κ3) is 3.81. The van der Waals surface area contributed by atoms with Crippen LogP contribution in [0.1, 0.15) is 18.9 Å². The highest BCUT2D eigenvalue weighted by molar-refractivity contribution is 7.89. The molecule has 0 bridgehead atoms. The number of rotatable bonds is 5. The molecule has 0 spiro atoms. The van der Waals surface area contributed by atoms with Gasteiger partial charge < -0.3 is 0 Å². The molecule has 0 fully saturated rings. The molecule has 0 aliphatic carbocycles. The summed E-state index contributed by atoms with van der Waals surface area (Å²) in [4.78, 5) is 4.58. The molecule has 0 radical (unpaired) electrons. The first-order valence-corrected chi connectivity index (χ1v) is 9.82. The zero-order chi connectivity index (χ0) is 18.7. The van der Waals surface area contributed by atoms with Gasteiger partial charge in [0.2, 0.25) is 10.0 Å². The van der Waals surface area contributed by atoms with E-state index in [1.165, 1.54) is 18.2 Å². The van der Waals surface area contributed by atoms with E-state index in [1.54, 1.807) is 36.5 Å². The Kier molecular flexibility index (Phi) is 5.15. The van der Waals surface area contributed by atoms with Crippen molar-refractivity contribution >= 4 is 10.0 Å². The predicted octanol–water partition coefficient (Wildman–Crippen LogP) is 4.15. The van der Waals surface area contributed by atoms with Crippen LogP contribution in [0.5, 0.6) is 0 Å². The smallest absolute Gasteiger partial charge is 0.238 e. The summed E-state index contributed by atoms with van der Waals surface area (Å²) >= 11 is 0. The average molecular weight is 370 g/mol. The third-order valence-electron chi connectivity index (χ3n) is 4.08. The first-order chi connectivity index (χ1) is 12.4. The number of aryl methyl sites for hydroxylation is 1. The van der Waals surface area contributed by atoms with Gasteiger partial charge in [-0.05, 0) is 48.4 Å². The number of halogens is 1. The molecule has 3 rings (SSSR count). The van der Waals surface area contributed by atoms with Crippen molar-refractivity contribution in [3.8, 4) is 22.4 Å². The van der Waals surface area contributed by atoms with Crippen LogP contribution >= 0.6 is 0 Å². The molecule has 4 nitrogen and oxygen atoms in total. The monoisotopic (exact) mass is 370 g/mol. The summed E-state index contributed by atoms with van der Waals surface area (Å²) in [7, 11) is -3.90. The summed E-state index contributed by atoms with van der Waals surface area (Å²) < 4.78 is 37.4. The Balaban J connectivity index is 2.28. The van der Waals surface area contributed by atoms with E-state index in [9.17, 15) is 12.8 Å². The van der Waals surface area contributed by atoms with Crippen molar-refractivity contribution in [1.82, 2.24) is 4.98 Å². The first-order valence-electron chi connectivity index (χ1n) is 8.27. The molecule has 0 aliphatic rings. The number of pyridine rings is 1. The van der Waals surface area contributed by atoms with Crippen LogP contribution in [0.2, 0.25) is 0 Å². The number of hydrogen-bond donors (Lipinski definition) is 1. The lowest BCUT2D eigenvalue weighted by molar-refractivity contribution is 0.598. The Bertz CT molecular complexity index is 1030. The Morgan fingerprint density at radius 2 is 1.73 bits per heavy atom. The molecule has 134 valence electrons. The predicted molar refractivity (Wildman–Crippen MR) is 100 cm³/mol. The normalized spacial score (nSPS) is 11.5. The molecule has 6 heteroatoms. The minimum Gasteiger partial charge on any atom is -0.255 e. The summed E-state index contributed by atoms with van der Waals surface area (Å²) in [5.41, 5.74) is 3.43. The number of primary sulfonamides is 1. The van der Waals surface area contributed by atoms with Crippen LogP contribution in [0.3, 0.4) is 0 Å². The lowest BCUT2D eigenvalue weighted by Crippen LogP contribution is -2.13. The van der Waals surface area contributed by atoms with Crippen LogP contribution in [0.25, 0.3) is 22.4 Å². The Hall–Kier alpha value is -2.57. The van der Waals surface area contributed by atoms with Gasteiger partial charge in [-0.15, -0.1) is 0 Å². The van der Waals surface area contributed by atoms with Crippen molar-refractivity contribution in [2.75, 3.05) is 0 Å². The van der Waals surface area contributed by atoms with E-state index in [0.717, 1.165) is 18.4 Å². The number of nitrogens with two attached hydrogens (primary N) is 1. The lowest BCUT2D eigenvalue weighted by Gasteiger charge is -2.14. The molecule has 26 heavy (non-hydrogen) atoms. The zero-order valence-corrected chi connectivity index (χ0v) is 15.1. The lowest BCUT2D eigenvalue weighted by atomic mass is 9.97. The van der Waals surface area contributed by atoms with E-state index < -0.39 is 10.0 Å². The van der Waals surface area contributed by atoms with Gasteiger partial charge in [0, 0.05) is 22.9 Å². The van der Waals surface area contributed by atoms with Crippen molar-refractivity contribution in [2.24, 2.45) is 5.14 Å². The van der Waals surface area contributed by atoms with Crippen LogP contribution in [0.15, 0.2) is 65.7 Å². The molecule has 2 aromatic carbocycles. The van der Waals surface area contributed by atoms with Crippen molar-refractivity contribution < 1.29 is 12.8 Å². The van der Waals surface area contributed by atoms with Crippen molar-refractivity contribution in [2.45, 2.75) is 24.7 Å². The number of nitrogens with zero attached hydrogens (tertiary/aromatic N) is 1. The van der Waals surface area contributed by atoms with E-state index >= 15 is 0 Å². The Labute approximate surface area is 152 Å². The largest absolute Gasteiger partial charge is 0.255 e. The van der Waals surface area contributed by atoms with Crippen molar-refractivity contribution in [1.29, 1.82) is 0 Å². The zero-order valence-electron chi connectivity index (χ0n) is 14.3. The fourth-order valence-electron chi connectivity index (χ4n) is 2.91.